The van der Waals surface area contributed by atoms with Gasteiger partial charge in [-0.3, -0.25) is 0 Å². The average Bonchev–Trinajstić information content (AvgIpc) is 2.01. The van der Waals surface area contributed by atoms with Crippen LogP contribution in [0, 0.1) is 0 Å². The van der Waals surface area contributed by atoms with E-state index in [1.165, 1.54) is 12.0 Å². The van der Waals surface area contributed by atoms with Crippen molar-refractivity contribution in [2.24, 2.45) is 8.80 Å². The Hall–Kier alpha value is -1.31. The first-order valence-corrected chi connectivity index (χ1v) is 4.68. The number of rotatable bonds is 0. The largest absolute Gasteiger partial charge is 0.453 e. The smallest absolute Gasteiger partial charge is 0.408 e. The van der Waals surface area contributed by atoms with E-state index in [4.69, 9.17) is 4.74 Å². The molecule has 0 N–H and O–H groups in total. The maximum Gasteiger partial charge on any atom is 0.408 e. The molecule has 0 spiro atoms. The number of hydrogen-bond acceptors (Lipinski definition) is 5. The van der Waals surface area contributed by atoms with Crippen LogP contribution >= 0.6 is 0 Å². The van der Waals surface area contributed by atoms with Gasteiger partial charge in [0.25, 0.3) is 0 Å². The molecule has 0 saturated carbocycles. The van der Waals surface area contributed by atoms with Crippen molar-refractivity contribution in [3.8, 4) is 0 Å². The molecule has 0 aromatic carbocycles. The molecule has 0 radical (unpaired) electrons. The van der Waals surface area contributed by atoms with E-state index in [0.29, 0.717) is 0 Å². The predicted octanol–water partition coefficient (Wildman–Crippen LogP) is -0.819. The van der Waals surface area contributed by atoms with E-state index < -0.39 is 10.2 Å². The van der Waals surface area contributed by atoms with Gasteiger partial charge in [-0.25, -0.2) is 0 Å². The SMILES string of the molecule is COC1=NS(=O)(=O)N=C(N(C)C)O1. The van der Waals surface area contributed by atoms with Gasteiger partial charge in [0.15, 0.2) is 0 Å². The minimum atomic E-state index is -3.85. The molecule has 1 rings (SSSR count). The second-order valence-electron chi connectivity index (χ2n) is 2.38. The molecule has 0 atom stereocenters. The number of amidine groups is 1. The predicted molar refractivity (Wildman–Crippen MR) is 45.6 cm³/mol. The zero-order valence-corrected chi connectivity index (χ0v) is 8.20. The molecule has 0 aliphatic carbocycles. The zero-order chi connectivity index (χ0) is 10.1. The number of ether oxygens (including phenoxy) is 2. The highest BCUT2D eigenvalue weighted by Crippen LogP contribution is 2.06. The first kappa shape index (κ1) is 9.78. The van der Waals surface area contributed by atoms with E-state index in [-0.39, 0.29) is 12.1 Å². The van der Waals surface area contributed by atoms with Crippen molar-refractivity contribution in [3.05, 3.63) is 0 Å². The lowest BCUT2D eigenvalue weighted by Crippen LogP contribution is -2.32. The molecule has 0 unspecified atom stereocenters. The number of hydrogen-bond donors (Lipinski definition) is 0. The van der Waals surface area contributed by atoms with E-state index >= 15 is 0 Å². The summed E-state index contributed by atoms with van der Waals surface area (Å²) in [6.07, 6.45) is -0.335. The fraction of sp³-hybridized carbons (Fsp3) is 0.600. The van der Waals surface area contributed by atoms with Crippen molar-refractivity contribution in [2.75, 3.05) is 21.2 Å². The molecule has 0 aromatic heterocycles. The summed E-state index contributed by atoms with van der Waals surface area (Å²) in [5, 5.41) is 0. The van der Waals surface area contributed by atoms with Gasteiger partial charge in [-0.2, -0.15) is 8.42 Å². The Bertz CT molecular complexity index is 356. The van der Waals surface area contributed by atoms with Crippen molar-refractivity contribution in [1.29, 1.82) is 0 Å². The normalized spacial score (nSPS) is 19.6. The van der Waals surface area contributed by atoms with E-state index in [1.54, 1.807) is 14.1 Å². The summed E-state index contributed by atoms with van der Waals surface area (Å²) < 4.78 is 37.7. The second-order valence-corrected chi connectivity index (χ2v) is 3.64. The van der Waals surface area contributed by atoms with Gasteiger partial charge in [0.2, 0.25) is 0 Å². The van der Waals surface area contributed by atoms with Crippen molar-refractivity contribution >= 4 is 22.3 Å². The van der Waals surface area contributed by atoms with E-state index in [0.717, 1.165) is 0 Å². The minimum absolute atomic E-state index is 0.0770. The van der Waals surface area contributed by atoms with Crippen LogP contribution in [0.5, 0.6) is 0 Å². The van der Waals surface area contributed by atoms with Gasteiger partial charge >= 0.3 is 22.3 Å². The molecule has 0 amide bonds. The fourth-order valence-corrected chi connectivity index (χ4v) is 1.32. The van der Waals surface area contributed by atoms with Crippen molar-refractivity contribution in [2.45, 2.75) is 0 Å². The maximum absolute atomic E-state index is 11.0. The quantitative estimate of drug-likeness (QED) is 0.518. The van der Waals surface area contributed by atoms with Crippen LogP contribution in [0.1, 0.15) is 0 Å². The Morgan fingerprint density at radius 1 is 1.38 bits per heavy atom. The summed E-state index contributed by atoms with van der Waals surface area (Å²) >= 11 is 0. The van der Waals surface area contributed by atoms with Crippen molar-refractivity contribution in [3.63, 3.8) is 0 Å². The Morgan fingerprint density at radius 3 is 2.46 bits per heavy atom. The lowest BCUT2D eigenvalue weighted by atomic mass is 10.9. The lowest BCUT2D eigenvalue weighted by molar-refractivity contribution is 0.273. The third kappa shape index (κ3) is 2.31. The molecule has 1 heterocycles. The summed E-state index contributed by atoms with van der Waals surface area (Å²) in [7, 11) is 0.583. The van der Waals surface area contributed by atoms with Crippen LogP contribution in [-0.2, 0) is 19.7 Å². The van der Waals surface area contributed by atoms with Crippen LogP contribution in [0.4, 0.5) is 0 Å². The number of methoxy groups -OCH3 is 1. The maximum atomic E-state index is 11.0. The molecule has 13 heavy (non-hydrogen) atoms. The molecule has 0 saturated heterocycles. The van der Waals surface area contributed by atoms with Crippen LogP contribution in [0.2, 0.25) is 0 Å². The van der Waals surface area contributed by atoms with Gasteiger partial charge in [0.05, 0.1) is 7.11 Å². The highest BCUT2D eigenvalue weighted by molar-refractivity contribution is 7.89. The Balaban J connectivity index is 3.03. The second kappa shape index (κ2) is 3.21. The highest BCUT2D eigenvalue weighted by atomic mass is 32.2. The third-order valence-corrected chi connectivity index (χ3v) is 1.89. The molecule has 1 aliphatic heterocycles. The van der Waals surface area contributed by atoms with E-state index in [2.05, 4.69) is 13.5 Å². The molecule has 1 aliphatic rings. The summed E-state index contributed by atoms with van der Waals surface area (Å²) in [5.74, 6) is 0. The van der Waals surface area contributed by atoms with Gasteiger partial charge in [-0.15, -0.1) is 0 Å². The van der Waals surface area contributed by atoms with Crippen molar-refractivity contribution < 1.29 is 17.9 Å². The van der Waals surface area contributed by atoms with Gasteiger partial charge in [-0.1, -0.05) is 8.80 Å². The summed E-state index contributed by atoms with van der Waals surface area (Å²) in [5.41, 5.74) is 0. The topological polar surface area (TPSA) is 80.6 Å². The van der Waals surface area contributed by atoms with Crippen LogP contribution in [0.3, 0.4) is 0 Å². The standard InChI is InChI=1S/C5H9N3O4S/c1-8(2)4-6-13(9,10)7-5(11-3)12-4/h1-3H3. The number of nitrogens with zero attached hydrogens (tertiary/aromatic N) is 3. The zero-order valence-electron chi connectivity index (χ0n) is 7.38. The van der Waals surface area contributed by atoms with Crippen LogP contribution in [0.25, 0.3) is 0 Å². The molecule has 0 aromatic rings. The van der Waals surface area contributed by atoms with E-state index in [9.17, 15) is 8.42 Å². The highest BCUT2D eigenvalue weighted by Gasteiger charge is 2.23. The molecule has 0 bridgehead atoms. The Morgan fingerprint density at radius 2 is 2.00 bits per heavy atom. The van der Waals surface area contributed by atoms with Crippen LogP contribution in [0.15, 0.2) is 8.80 Å². The summed E-state index contributed by atoms with van der Waals surface area (Å²) in [6.45, 7) is 0. The fourth-order valence-electron chi connectivity index (χ4n) is 0.581. The molecule has 0 fully saturated rings. The van der Waals surface area contributed by atoms with Crippen LogP contribution in [-0.4, -0.2) is 46.6 Å². The van der Waals surface area contributed by atoms with Gasteiger partial charge < -0.3 is 14.4 Å². The third-order valence-electron chi connectivity index (χ3n) is 1.12. The Kier molecular flexibility index (Phi) is 2.41. The first-order chi connectivity index (χ1) is 5.94. The molecule has 74 valence electrons. The molecular weight excluding hydrogens is 198 g/mol. The molecule has 7 nitrogen and oxygen atoms in total. The monoisotopic (exact) mass is 207 g/mol. The molecular formula is C5H9N3O4S. The molecule has 8 heteroatoms. The first-order valence-electron chi connectivity index (χ1n) is 3.28. The van der Waals surface area contributed by atoms with Gasteiger partial charge in [-0.05, 0) is 0 Å². The van der Waals surface area contributed by atoms with Gasteiger partial charge in [0, 0.05) is 14.1 Å². The summed E-state index contributed by atoms with van der Waals surface area (Å²) in [6, 6.07) is -0.0770. The van der Waals surface area contributed by atoms with Crippen molar-refractivity contribution in [1.82, 2.24) is 4.90 Å². The van der Waals surface area contributed by atoms with Crippen LogP contribution < -0.4 is 0 Å². The Labute approximate surface area is 75.9 Å². The lowest BCUT2D eigenvalue weighted by Gasteiger charge is -2.17. The average molecular weight is 207 g/mol. The van der Waals surface area contributed by atoms with Gasteiger partial charge in [0.1, 0.15) is 0 Å². The van der Waals surface area contributed by atoms with E-state index in [1.807, 2.05) is 0 Å². The minimum Gasteiger partial charge on any atom is -0.453 e. The summed E-state index contributed by atoms with van der Waals surface area (Å²) in [4.78, 5) is 1.39.